The van der Waals surface area contributed by atoms with Crippen LogP contribution in [0.1, 0.15) is 65.5 Å². The number of nitrogens with one attached hydrogen (secondary N) is 4. The molecule has 2 aromatic carbocycles. The number of aryl methyl sites for hydroxylation is 1. The molecule has 6 heterocycles. The molecule has 2 fully saturated rings. The van der Waals surface area contributed by atoms with Crippen LogP contribution in [-0.4, -0.2) is 109 Å². The quantitative estimate of drug-likeness (QED) is 0.106. The number of carbonyl (C=O) groups is 4. The van der Waals surface area contributed by atoms with Gasteiger partial charge in [0.2, 0.25) is 11.8 Å². The fourth-order valence-electron chi connectivity index (χ4n) is 7.75. The number of ether oxygens (including phenoxy) is 1. The van der Waals surface area contributed by atoms with Crippen LogP contribution in [0.15, 0.2) is 90.7 Å². The lowest BCUT2D eigenvalue weighted by atomic mass is 9.85. The number of aromatic amines is 1. The van der Waals surface area contributed by atoms with Gasteiger partial charge >= 0.3 is 0 Å². The molecule has 0 saturated carbocycles. The van der Waals surface area contributed by atoms with Gasteiger partial charge in [0.15, 0.2) is 0 Å². The third-order valence-corrected chi connectivity index (χ3v) is 12.3. The fraction of sp³-hybridized carbons (Fsp3) is 0.333. The highest BCUT2D eigenvalue weighted by Gasteiger charge is 2.45. The van der Waals surface area contributed by atoms with Gasteiger partial charge in [0.25, 0.3) is 11.8 Å². The smallest absolute Gasteiger partial charge is 0.274 e. The van der Waals surface area contributed by atoms with Crippen molar-refractivity contribution in [3.63, 3.8) is 0 Å². The number of amides is 4. The molecule has 6 aromatic rings. The van der Waals surface area contributed by atoms with Crippen molar-refractivity contribution in [1.29, 1.82) is 0 Å². The number of β-amino-alcohol motifs (C(OH)–C–C–N with tert-alkyl or cyclic N) is 1. The number of aliphatic hydroxyl groups excluding tert-OH is 1. The van der Waals surface area contributed by atoms with Gasteiger partial charge < -0.3 is 35.6 Å². The number of hydrogen-bond donors (Lipinski definition) is 5. The highest BCUT2D eigenvalue weighted by molar-refractivity contribution is 7.13. The SMILES string of the molecule is COc1cc(N2CC(n3ccc(C(=O)N[C@H](C(=O)N4C[C@H](O)C[C@H]4C(=O)NCc4ccc(-c5scnc5C)cc4)C(C)(C)C)n3)C2)ccc1NC(=O)c1cccc(-c2cc[nH]n2)n1. The van der Waals surface area contributed by atoms with Gasteiger partial charge in [0, 0.05) is 56.7 Å². The zero-order valence-electron chi connectivity index (χ0n) is 35.5. The Labute approximate surface area is 367 Å². The lowest BCUT2D eigenvalue weighted by molar-refractivity contribution is -0.142. The van der Waals surface area contributed by atoms with Crippen molar-refractivity contribution < 1.29 is 29.0 Å². The second-order valence-corrected chi connectivity index (χ2v) is 17.7. The molecule has 2 aliphatic rings. The van der Waals surface area contributed by atoms with Crippen LogP contribution in [-0.2, 0) is 16.1 Å². The van der Waals surface area contributed by atoms with E-state index in [9.17, 15) is 24.3 Å². The number of benzene rings is 2. The Morgan fingerprint density at radius 3 is 2.46 bits per heavy atom. The predicted octanol–water partition coefficient (Wildman–Crippen LogP) is 4.85. The van der Waals surface area contributed by atoms with Gasteiger partial charge in [-0.3, -0.25) is 29.0 Å². The Hall–Kier alpha value is -6.92. The Morgan fingerprint density at radius 1 is 0.968 bits per heavy atom. The molecule has 0 aliphatic carbocycles. The number of nitrogens with zero attached hydrogens (tertiary/aromatic N) is 7. The third kappa shape index (κ3) is 9.31. The molecule has 4 amide bonds. The number of anilines is 2. The van der Waals surface area contributed by atoms with Crippen molar-refractivity contribution in [2.75, 3.05) is 37.0 Å². The molecule has 5 N–H and O–H groups in total. The molecule has 0 bridgehead atoms. The van der Waals surface area contributed by atoms with E-state index in [0.29, 0.717) is 35.9 Å². The van der Waals surface area contributed by atoms with E-state index >= 15 is 0 Å². The number of methoxy groups -OCH3 is 1. The van der Waals surface area contributed by atoms with Gasteiger partial charge in [-0.15, -0.1) is 11.3 Å². The average molecular weight is 872 g/mol. The number of H-pyrrole nitrogens is 1. The van der Waals surface area contributed by atoms with E-state index in [-0.39, 0.29) is 42.8 Å². The molecule has 17 nitrogen and oxygen atoms in total. The summed E-state index contributed by atoms with van der Waals surface area (Å²) in [5.41, 5.74) is 6.92. The van der Waals surface area contributed by atoms with Crippen molar-refractivity contribution in [1.82, 2.24) is 45.5 Å². The Bertz CT molecular complexity index is 2610. The molecule has 0 spiro atoms. The molecule has 3 atom stereocenters. The average Bonchev–Trinajstić information content (AvgIpc) is 4.10. The number of carbonyl (C=O) groups excluding carboxylic acids is 4. The van der Waals surface area contributed by atoms with Crippen LogP contribution in [0.5, 0.6) is 5.75 Å². The molecule has 0 radical (unpaired) electrons. The summed E-state index contributed by atoms with van der Waals surface area (Å²) in [5, 5.41) is 30.8. The van der Waals surface area contributed by atoms with Gasteiger partial charge in [-0.2, -0.15) is 10.2 Å². The monoisotopic (exact) mass is 871 g/mol. The van der Waals surface area contributed by atoms with E-state index in [2.05, 4.69) is 46.1 Å². The summed E-state index contributed by atoms with van der Waals surface area (Å²) in [6.45, 7) is 8.90. The zero-order chi connectivity index (χ0) is 44.4. The first-order valence-electron chi connectivity index (χ1n) is 20.6. The Morgan fingerprint density at radius 2 is 1.76 bits per heavy atom. The number of aromatic nitrogens is 6. The lowest BCUT2D eigenvalue weighted by Crippen LogP contribution is -2.57. The largest absolute Gasteiger partial charge is 0.494 e. The first kappa shape index (κ1) is 42.8. The second kappa shape index (κ2) is 17.8. The molecule has 63 heavy (non-hydrogen) atoms. The number of likely N-dealkylation sites (tertiary alicyclic amines) is 1. The predicted molar refractivity (Wildman–Crippen MR) is 237 cm³/mol. The summed E-state index contributed by atoms with van der Waals surface area (Å²) in [6.07, 6.45) is 2.63. The summed E-state index contributed by atoms with van der Waals surface area (Å²) in [4.78, 5) is 67.9. The lowest BCUT2D eigenvalue weighted by Gasteiger charge is -2.41. The number of rotatable bonds is 13. The van der Waals surface area contributed by atoms with Gasteiger partial charge in [-0.25, -0.2) is 9.97 Å². The van der Waals surface area contributed by atoms with Crippen LogP contribution in [0.4, 0.5) is 11.4 Å². The number of aliphatic hydroxyl groups is 1. The molecular formula is C45H49N11O6S. The highest BCUT2D eigenvalue weighted by atomic mass is 32.1. The van der Waals surface area contributed by atoms with E-state index in [1.165, 1.54) is 12.0 Å². The first-order chi connectivity index (χ1) is 30.2. The normalized spacial score (nSPS) is 16.9. The molecule has 18 heteroatoms. The van der Waals surface area contributed by atoms with Crippen molar-refractivity contribution in [2.24, 2.45) is 5.41 Å². The zero-order valence-corrected chi connectivity index (χ0v) is 36.3. The number of hydrogen-bond acceptors (Lipinski definition) is 12. The topological polar surface area (TPSA) is 213 Å². The van der Waals surface area contributed by atoms with Crippen LogP contribution in [0.2, 0.25) is 0 Å². The number of pyridine rings is 1. The maximum atomic E-state index is 14.2. The van der Waals surface area contributed by atoms with Crippen molar-refractivity contribution in [3.8, 4) is 27.6 Å². The number of thiazole rings is 1. The molecular weight excluding hydrogens is 823 g/mol. The van der Waals surface area contributed by atoms with E-state index < -0.39 is 41.3 Å². The Balaban J connectivity index is 0.861. The summed E-state index contributed by atoms with van der Waals surface area (Å²) < 4.78 is 7.37. The van der Waals surface area contributed by atoms with Crippen LogP contribution in [0.3, 0.4) is 0 Å². The van der Waals surface area contributed by atoms with Crippen LogP contribution >= 0.6 is 11.3 Å². The van der Waals surface area contributed by atoms with E-state index in [4.69, 9.17) is 4.74 Å². The van der Waals surface area contributed by atoms with Crippen molar-refractivity contribution >= 4 is 46.3 Å². The fourth-order valence-corrected chi connectivity index (χ4v) is 8.57. The molecule has 8 rings (SSSR count). The second-order valence-electron chi connectivity index (χ2n) is 16.8. The maximum absolute atomic E-state index is 14.2. The first-order valence-corrected chi connectivity index (χ1v) is 21.5. The standard InChI is InChI=1S/C45H49N11O6S/c1-26-39(63-25-47-26)28-11-9-27(10-12-28)21-46-43(60)37-20-31(57)24-55(37)44(61)40(45(2,3)4)51-42(59)36-16-18-56(53-36)30-22-54(23-30)29-13-14-34(38(19-29)62-5)50-41(58)35-8-6-7-32(49-35)33-15-17-48-52-33/h6-19,25,30-31,37,40,57H,20-24H2,1-5H3,(H,46,60)(H,48,52)(H,50,58)(H,51,59)/t31-,37+,40-/m1/s1. The molecule has 4 aromatic heterocycles. The molecule has 2 aliphatic heterocycles. The Kier molecular flexibility index (Phi) is 12.1. The van der Waals surface area contributed by atoms with Crippen LogP contribution < -0.4 is 25.6 Å². The molecule has 326 valence electrons. The summed E-state index contributed by atoms with van der Waals surface area (Å²) >= 11 is 1.57. The minimum absolute atomic E-state index is 0.0303. The highest BCUT2D eigenvalue weighted by Crippen LogP contribution is 2.35. The minimum Gasteiger partial charge on any atom is -0.494 e. The summed E-state index contributed by atoms with van der Waals surface area (Å²) in [6, 6.07) is 20.0. The van der Waals surface area contributed by atoms with Crippen LogP contribution in [0.25, 0.3) is 21.8 Å². The van der Waals surface area contributed by atoms with Gasteiger partial charge in [-0.1, -0.05) is 51.1 Å². The molecule has 0 unspecified atom stereocenters. The summed E-state index contributed by atoms with van der Waals surface area (Å²) in [5.74, 6) is -1.27. The third-order valence-electron chi connectivity index (χ3n) is 11.3. The van der Waals surface area contributed by atoms with Crippen LogP contribution in [0, 0.1) is 12.3 Å². The van der Waals surface area contributed by atoms with E-state index in [1.54, 1.807) is 64.8 Å². The summed E-state index contributed by atoms with van der Waals surface area (Å²) in [7, 11) is 1.54. The van der Waals surface area contributed by atoms with Gasteiger partial charge in [0.05, 0.1) is 46.7 Å². The van der Waals surface area contributed by atoms with Gasteiger partial charge in [0.1, 0.15) is 34.9 Å². The molecule has 2 saturated heterocycles. The minimum atomic E-state index is -1.01. The van der Waals surface area contributed by atoms with Gasteiger partial charge in [-0.05, 0) is 59.9 Å². The maximum Gasteiger partial charge on any atom is 0.274 e. The van der Waals surface area contributed by atoms with Crippen molar-refractivity contribution in [2.45, 2.75) is 64.9 Å². The van der Waals surface area contributed by atoms with E-state index in [1.807, 2.05) is 69.6 Å². The van der Waals surface area contributed by atoms with Crippen molar-refractivity contribution in [3.05, 3.63) is 113 Å². The van der Waals surface area contributed by atoms with E-state index in [0.717, 1.165) is 27.4 Å².